The zero-order valence-corrected chi connectivity index (χ0v) is 8.42. The van der Waals surface area contributed by atoms with Crippen LogP contribution in [0.25, 0.3) is 6.08 Å². The molecular formula is C10H9BO2S. The lowest BCUT2D eigenvalue weighted by atomic mass is 9.90. The van der Waals surface area contributed by atoms with E-state index in [0.29, 0.717) is 11.5 Å². The molecule has 2 nitrogen and oxygen atoms in total. The topological polar surface area (TPSA) is 18.5 Å². The van der Waals surface area contributed by atoms with Crippen LogP contribution in [0, 0.1) is 0 Å². The van der Waals surface area contributed by atoms with Crippen molar-refractivity contribution in [3.05, 3.63) is 53.0 Å². The van der Waals surface area contributed by atoms with Crippen molar-refractivity contribution in [3.63, 3.8) is 0 Å². The van der Waals surface area contributed by atoms with Crippen LogP contribution in [0.1, 0.15) is 5.56 Å². The summed E-state index contributed by atoms with van der Waals surface area (Å²) in [4.78, 5) is 0. The minimum absolute atomic E-state index is 0.380. The van der Waals surface area contributed by atoms with Crippen LogP contribution < -0.4 is 0 Å². The summed E-state index contributed by atoms with van der Waals surface area (Å²) in [6, 6.07) is 2.03. The summed E-state index contributed by atoms with van der Waals surface area (Å²) in [6.07, 6.45) is 1.95. The van der Waals surface area contributed by atoms with Crippen LogP contribution in [-0.2, 0) is 9.31 Å². The predicted octanol–water partition coefficient (Wildman–Crippen LogP) is 2.86. The molecule has 2 rings (SSSR count). The molecule has 0 spiro atoms. The lowest BCUT2D eigenvalue weighted by molar-refractivity contribution is 0.430. The lowest BCUT2D eigenvalue weighted by Gasteiger charge is -1.94. The van der Waals surface area contributed by atoms with Crippen molar-refractivity contribution in [2.75, 3.05) is 0 Å². The number of hydrogen-bond acceptors (Lipinski definition) is 3. The highest BCUT2D eigenvalue weighted by Crippen LogP contribution is 2.21. The largest absolute Gasteiger partial charge is 0.625 e. The molecule has 1 saturated heterocycles. The third-order valence-corrected chi connectivity index (χ3v) is 2.52. The van der Waals surface area contributed by atoms with Crippen LogP contribution in [-0.4, -0.2) is 7.12 Å². The normalized spacial score (nSPS) is 16.1. The SMILES string of the molecule is C=C1OB(/C=C/c2ccsc2)OC1=C. The summed E-state index contributed by atoms with van der Waals surface area (Å²) in [5.74, 6) is 2.85. The molecule has 0 aromatic carbocycles. The van der Waals surface area contributed by atoms with E-state index >= 15 is 0 Å². The van der Waals surface area contributed by atoms with Gasteiger partial charge in [-0.05, 0) is 28.4 Å². The van der Waals surface area contributed by atoms with Gasteiger partial charge in [0.05, 0.1) is 0 Å². The summed E-state index contributed by atoms with van der Waals surface area (Å²) < 4.78 is 10.5. The average Bonchev–Trinajstić information content (AvgIpc) is 2.74. The maximum atomic E-state index is 5.27. The molecule has 1 fully saturated rings. The van der Waals surface area contributed by atoms with Gasteiger partial charge in [0.25, 0.3) is 0 Å². The Morgan fingerprint density at radius 1 is 1.29 bits per heavy atom. The Balaban J connectivity index is 1.99. The van der Waals surface area contributed by atoms with E-state index in [1.165, 1.54) is 0 Å². The fourth-order valence-corrected chi connectivity index (χ4v) is 1.70. The number of hydrogen-bond donors (Lipinski definition) is 0. The second-order valence-electron chi connectivity index (χ2n) is 2.87. The van der Waals surface area contributed by atoms with Gasteiger partial charge in [-0.1, -0.05) is 19.2 Å². The van der Waals surface area contributed by atoms with E-state index in [0.717, 1.165) is 5.56 Å². The Morgan fingerprint density at radius 2 is 2.00 bits per heavy atom. The van der Waals surface area contributed by atoms with Gasteiger partial charge in [0.1, 0.15) is 11.5 Å². The molecule has 0 amide bonds. The second-order valence-corrected chi connectivity index (χ2v) is 3.65. The Kier molecular flexibility index (Phi) is 2.46. The molecule has 1 aliphatic heterocycles. The van der Waals surface area contributed by atoms with Crippen LogP contribution in [0.4, 0.5) is 0 Å². The van der Waals surface area contributed by atoms with E-state index in [4.69, 9.17) is 9.31 Å². The van der Waals surface area contributed by atoms with Crippen molar-refractivity contribution in [1.82, 2.24) is 0 Å². The minimum Gasteiger partial charge on any atom is -0.520 e. The first-order chi connectivity index (χ1) is 6.75. The molecule has 0 unspecified atom stereocenters. The highest BCUT2D eigenvalue weighted by molar-refractivity contribution is 7.08. The van der Waals surface area contributed by atoms with Crippen LogP contribution in [0.2, 0.25) is 0 Å². The fraction of sp³-hybridized carbons (Fsp3) is 0. The first-order valence-electron chi connectivity index (χ1n) is 4.17. The van der Waals surface area contributed by atoms with Crippen molar-refractivity contribution in [3.8, 4) is 0 Å². The van der Waals surface area contributed by atoms with E-state index < -0.39 is 0 Å². The Labute approximate surface area is 87.3 Å². The first-order valence-corrected chi connectivity index (χ1v) is 5.12. The lowest BCUT2D eigenvalue weighted by Crippen LogP contribution is -2.08. The van der Waals surface area contributed by atoms with Gasteiger partial charge in [-0.15, -0.1) is 0 Å². The molecular weight excluding hydrogens is 195 g/mol. The van der Waals surface area contributed by atoms with E-state index in [-0.39, 0.29) is 7.12 Å². The van der Waals surface area contributed by atoms with Gasteiger partial charge in [0.2, 0.25) is 0 Å². The highest BCUT2D eigenvalue weighted by atomic mass is 32.1. The third kappa shape index (κ3) is 1.91. The summed E-state index contributed by atoms with van der Waals surface area (Å²) in [7, 11) is -0.380. The second kappa shape index (κ2) is 3.76. The smallest absolute Gasteiger partial charge is 0.520 e. The van der Waals surface area contributed by atoms with Crippen molar-refractivity contribution < 1.29 is 9.31 Å². The predicted molar refractivity (Wildman–Crippen MR) is 59.6 cm³/mol. The van der Waals surface area contributed by atoms with Gasteiger partial charge in [-0.25, -0.2) is 0 Å². The standard InChI is InChI=1S/C10H9BO2S/c1-8-9(2)13-11(12-8)5-3-10-4-6-14-7-10/h3-7H,1-2H2/b5-3+. The van der Waals surface area contributed by atoms with Gasteiger partial charge >= 0.3 is 7.12 Å². The molecule has 0 atom stereocenters. The minimum atomic E-state index is -0.380. The number of thiophene rings is 1. The monoisotopic (exact) mass is 204 g/mol. The van der Waals surface area contributed by atoms with E-state index in [9.17, 15) is 0 Å². The quantitative estimate of drug-likeness (QED) is 0.689. The zero-order chi connectivity index (χ0) is 9.97. The third-order valence-electron chi connectivity index (χ3n) is 1.82. The molecule has 14 heavy (non-hydrogen) atoms. The molecule has 0 bridgehead atoms. The van der Waals surface area contributed by atoms with Crippen LogP contribution in [0.5, 0.6) is 0 Å². The fourth-order valence-electron chi connectivity index (χ4n) is 1.07. The van der Waals surface area contributed by atoms with E-state index in [1.807, 2.05) is 23.5 Å². The first kappa shape index (κ1) is 9.15. The Hall–Kier alpha value is -1.42. The van der Waals surface area contributed by atoms with Gasteiger partial charge < -0.3 is 9.31 Å². The molecule has 1 aliphatic rings. The van der Waals surface area contributed by atoms with Gasteiger partial charge in [0, 0.05) is 0 Å². The van der Waals surface area contributed by atoms with Gasteiger partial charge in [-0.2, -0.15) is 11.3 Å². The molecule has 1 aromatic heterocycles. The molecule has 0 saturated carbocycles. The Bertz CT molecular complexity index is 365. The Morgan fingerprint density at radius 3 is 2.57 bits per heavy atom. The zero-order valence-electron chi connectivity index (χ0n) is 7.60. The van der Waals surface area contributed by atoms with Gasteiger partial charge in [0.15, 0.2) is 0 Å². The van der Waals surface area contributed by atoms with Crippen molar-refractivity contribution in [1.29, 1.82) is 0 Å². The number of rotatable bonds is 2. The van der Waals surface area contributed by atoms with Crippen molar-refractivity contribution in [2.24, 2.45) is 0 Å². The molecule has 0 aliphatic carbocycles. The maximum absolute atomic E-state index is 5.27. The van der Waals surface area contributed by atoms with Crippen molar-refractivity contribution in [2.45, 2.75) is 0 Å². The van der Waals surface area contributed by atoms with E-state index in [1.54, 1.807) is 11.3 Å². The summed E-state index contributed by atoms with van der Waals surface area (Å²) >= 11 is 1.66. The molecule has 2 heterocycles. The summed E-state index contributed by atoms with van der Waals surface area (Å²) in [6.45, 7) is 7.30. The highest BCUT2D eigenvalue weighted by Gasteiger charge is 2.29. The van der Waals surface area contributed by atoms with Crippen LogP contribution >= 0.6 is 11.3 Å². The van der Waals surface area contributed by atoms with Gasteiger partial charge in [-0.3, -0.25) is 0 Å². The molecule has 70 valence electrons. The van der Waals surface area contributed by atoms with Crippen molar-refractivity contribution >= 4 is 24.5 Å². The summed E-state index contributed by atoms with van der Waals surface area (Å²) in [5.41, 5.74) is 1.14. The molecule has 1 aromatic rings. The maximum Gasteiger partial charge on any atom is 0.625 e. The summed E-state index contributed by atoms with van der Waals surface area (Å²) in [5, 5.41) is 4.07. The molecule has 0 N–H and O–H groups in total. The molecule has 4 heteroatoms. The van der Waals surface area contributed by atoms with Crippen LogP contribution in [0.3, 0.4) is 0 Å². The average molecular weight is 204 g/mol. The van der Waals surface area contributed by atoms with E-state index in [2.05, 4.69) is 18.5 Å². The molecule has 0 radical (unpaired) electrons. The van der Waals surface area contributed by atoms with Crippen LogP contribution in [0.15, 0.2) is 47.5 Å².